The van der Waals surface area contributed by atoms with Gasteiger partial charge in [-0.3, -0.25) is 0 Å². The Morgan fingerprint density at radius 3 is 2.88 bits per heavy atom. The number of rotatable bonds is 6. The van der Waals surface area contributed by atoms with E-state index in [0.29, 0.717) is 29.7 Å². The quantitative estimate of drug-likeness (QED) is 0.687. The maximum atomic E-state index is 9.99. The lowest BCUT2D eigenvalue weighted by atomic mass is 10.1. The molecule has 1 heterocycles. The van der Waals surface area contributed by atoms with Crippen LogP contribution >= 0.6 is 11.8 Å². The fraction of sp³-hybridized carbons (Fsp3) is 0.600. The van der Waals surface area contributed by atoms with Crippen molar-refractivity contribution in [3.63, 3.8) is 0 Å². The van der Waals surface area contributed by atoms with E-state index in [1.807, 2.05) is 6.26 Å². The molecule has 0 aliphatic rings. The summed E-state index contributed by atoms with van der Waals surface area (Å²) >= 11 is 1.58. The van der Waals surface area contributed by atoms with Crippen LogP contribution in [0.4, 0.5) is 11.5 Å². The minimum absolute atomic E-state index is 0.326. The standard InChI is InChI=1S/C10H18N4O2S/c1-10(15,5-17-3)4-12-8-7(11)9(16-2)14-6-13-8/h6,15H,4-5,11H2,1-3H3,(H,12,13,14). The summed E-state index contributed by atoms with van der Waals surface area (Å²) in [5.74, 6) is 1.42. The normalized spacial score (nSPS) is 14.1. The molecule has 0 saturated carbocycles. The van der Waals surface area contributed by atoms with E-state index in [0.717, 1.165) is 0 Å². The number of thioether (sulfide) groups is 1. The molecule has 6 nitrogen and oxygen atoms in total. The third-order valence-corrected chi connectivity index (χ3v) is 3.04. The van der Waals surface area contributed by atoms with Crippen molar-refractivity contribution in [2.45, 2.75) is 12.5 Å². The topological polar surface area (TPSA) is 93.3 Å². The zero-order chi connectivity index (χ0) is 12.9. The van der Waals surface area contributed by atoms with E-state index < -0.39 is 5.60 Å². The minimum Gasteiger partial charge on any atom is -0.479 e. The number of hydrogen-bond donors (Lipinski definition) is 3. The maximum Gasteiger partial charge on any atom is 0.242 e. The van der Waals surface area contributed by atoms with E-state index in [9.17, 15) is 5.11 Å². The highest BCUT2D eigenvalue weighted by Gasteiger charge is 2.20. The predicted molar refractivity (Wildman–Crippen MR) is 70.5 cm³/mol. The number of anilines is 2. The van der Waals surface area contributed by atoms with E-state index >= 15 is 0 Å². The van der Waals surface area contributed by atoms with E-state index in [2.05, 4.69) is 15.3 Å². The molecule has 0 amide bonds. The van der Waals surface area contributed by atoms with E-state index in [1.54, 1.807) is 18.7 Å². The Balaban J connectivity index is 2.69. The molecule has 17 heavy (non-hydrogen) atoms. The summed E-state index contributed by atoms with van der Waals surface area (Å²) in [6, 6.07) is 0. The van der Waals surface area contributed by atoms with Gasteiger partial charge in [0.05, 0.1) is 12.7 Å². The monoisotopic (exact) mass is 258 g/mol. The highest BCUT2D eigenvalue weighted by Crippen LogP contribution is 2.24. The SMILES string of the molecule is COc1ncnc(NCC(C)(O)CSC)c1N. The third kappa shape index (κ3) is 3.94. The van der Waals surface area contributed by atoms with Crippen molar-refractivity contribution < 1.29 is 9.84 Å². The van der Waals surface area contributed by atoms with E-state index in [4.69, 9.17) is 10.5 Å². The van der Waals surface area contributed by atoms with Gasteiger partial charge in [-0.25, -0.2) is 4.98 Å². The molecule has 0 aromatic carbocycles. The summed E-state index contributed by atoms with van der Waals surface area (Å²) in [5, 5.41) is 13.0. The number of hydrogen-bond acceptors (Lipinski definition) is 7. The first-order valence-corrected chi connectivity index (χ1v) is 6.49. The lowest BCUT2D eigenvalue weighted by Crippen LogP contribution is -2.36. The van der Waals surface area contributed by atoms with Crippen LogP contribution in [0.5, 0.6) is 5.88 Å². The van der Waals surface area contributed by atoms with Gasteiger partial charge in [0.15, 0.2) is 5.82 Å². The summed E-state index contributed by atoms with van der Waals surface area (Å²) in [6.45, 7) is 2.11. The molecule has 0 aliphatic heterocycles. The van der Waals surface area contributed by atoms with Crippen LogP contribution in [0.1, 0.15) is 6.92 Å². The molecule has 0 spiro atoms. The third-order valence-electron chi connectivity index (χ3n) is 2.13. The summed E-state index contributed by atoms with van der Waals surface area (Å²) in [5.41, 5.74) is 5.32. The second-order valence-corrected chi connectivity index (χ2v) is 4.79. The zero-order valence-corrected chi connectivity index (χ0v) is 11.0. The summed E-state index contributed by atoms with van der Waals surface area (Å²) < 4.78 is 4.98. The van der Waals surface area contributed by atoms with Crippen LogP contribution in [0.3, 0.4) is 0 Å². The van der Waals surface area contributed by atoms with Crippen molar-refractivity contribution in [1.29, 1.82) is 0 Å². The van der Waals surface area contributed by atoms with Crippen molar-refractivity contribution in [1.82, 2.24) is 9.97 Å². The highest BCUT2D eigenvalue weighted by molar-refractivity contribution is 7.98. The second kappa shape index (κ2) is 5.92. The molecular weight excluding hydrogens is 240 g/mol. The van der Waals surface area contributed by atoms with Crippen LogP contribution in [-0.4, -0.2) is 46.3 Å². The van der Waals surface area contributed by atoms with Crippen LogP contribution in [0.25, 0.3) is 0 Å². The number of nitrogens with one attached hydrogen (secondary N) is 1. The van der Waals surface area contributed by atoms with Crippen molar-refractivity contribution >= 4 is 23.3 Å². The van der Waals surface area contributed by atoms with Gasteiger partial charge in [-0.05, 0) is 13.2 Å². The number of aliphatic hydroxyl groups is 1. The van der Waals surface area contributed by atoms with Crippen molar-refractivity contribution in [3.05, 3.63) is 6.33 Å². The van der Waals surface area contributed by atoms with Crippen molar-refractivity contribution in [2.24, 2.45) is 0 Å². The summed E-state index contributed by atoms with van der Waals surface area (Å²) in [4.78, 5) is 7.88. The number of nitrogen functional groups attached to an aromatic ring is 1. The number of ether oxygens (including phenoxy) is 1. The lowest BCUT2D eigenvalue weighted by Gasteiger charge is -2.23. The molecule has 7 heteroatoms. The summed E-state index contributed by atoms with van der Waals surface area (Å²) in [7, 11) is 1.49. The maximum absolute atomic E-state index is 9.99. The Kier molecular flexibility index (Phi) is 4.83. The zero-order valence-electron chi connectivity index (χ0n) is 10.2. The smallest absolute Gasteiger partial charge is 0.242 e. The van der Waals surface area contributed by atoms with Gasteiger partial charge in [-0.15, -0.1) is 0 Å². The van der Waals surface area contributed by atoms with Gasteiger partial charge in [-0.1, -0.05) is 0 Å². The molecule has 4 N–H and O–H groups in total. The largest absolute Gasteiger partial charge is 0.479 e. The number of nitrogens with two attached hydrogens (primary N) is 1. The van der Waals surface area contributed by atoms with Gasteiger partial charge < -0.3 is 20.9 Å². The molecule has 0 saturated heterocycles. The molecule has 1 atom stereocenters. The Labute approximate surface area is 105 Å². The van der Waals surface area contributed by atoms with Crippen molar-refractivity contribution in [3.8, 4) is 5.88 Å². The van der Waals surface area contributed by atoms with Crippen LogP contribution in [0, 0.1) is 0 Å². The summed E-state index contributed by atoms with van der Waals surface area (Å²) in [6.07, 6.45) is 3.30. The number of methoxy groups -OCH3 is 1. The Hall–Kier alpha value is -1.21. The average molecular weight is 258 g/mol. The van der Waals surface area contributed by atoms with E-state index in [1.165, 1.54) is 13.4 Å². The van der Waals surface area contributed by atoms with Gasteiger partial charge in [-0.2, -0.15) is 16.7 Å². The Morgan fingerprint density at radius 1 is 1.59 bits per heavy atom. The molecule has 0 fully saturated rings. The molecule has 1 unspecified atom stereocenters. The average Bonchev–Trinajstić information content (AvgIpc) is 2.28. The Bertz CT molecular complexity index is 373. The first-order chi connectivity index (χ1) is 8.00. The molecule has 1 aromatic heterocycles. The fourth-order valence-electron chi connectivity index (χ4n) is 1.32. The number of nitrogens with zero attached hydrogens (tertiary/aromatic N) is 2. The van der Waals surface area contributed by atoms with Gasteiger partial charge in [0, 0.05) is 12.3 Å². The van der Waals surface area contributed by atoms with Gasteiger partial charge in [0.2, 0.25) is 5.88 Å². The van der Waals surface area contributed by atoms with Crippen LogP contribution in [-0.2, 0) is 0 Å². The molecule has 0 bridgehead atoms. The van der Waals surface area contributed by atoms with Crippen LogP contribution in [0.2, 0.25) is 0 Å². The lowest BCUT2D eigenvalue weighted by molar-refractivity contribution is 0.0996. The molecule has 0 aliphatic carbocycles. The van der Waals surface area contributed by atoms with E-state index in [-0.39, 0.29) is 0 Å². The molecule has 96 valence electrons. The van der Waals surface area contributed by atoms with Crippen LogP contribution in [0.15, 0.2) is 6.33 Å². The van der Waals surface area contributed by atoms with Crippen molar-refractivity contribution in [2.75, 3.05) is 36.7 Å². The first-order valence-electron chi connectivity index (χ1n) is 5.10. The minimum atomic E-state index is -0.815. The second-order valence-electron chi connectivity index (χ2n) is 3.93. The molecular formula is C10H18N4O2S. The first kappa shape index (κ1) is 13.9. The fourth-order valence-corrected chi connectivity index (χ4v) is 2.04. The molecule has 1 aromatic rings. The van der Waals surface area contributed by atoms with Gasteiger partial charge in [0.25, 0.3) is 0 Å². The molecule has 1 rings (SSSR count). The highest BCUT2D eigenvalue weighted by atomic mass is 32.2. The van der Waals surface area contributed by atoms with Gasteiger partial charge in [0.1, 0.15) is 12.0 Å². The van der Waals surface area contributed by atoms with Crippen LogP contribution < -0.4 is 15.8 Å². The Morgan fingerprint density at radius 2 is 2.29 bits per heavy atom. The molecule has 0 radical (unpaired) electrons. The predicted octanol–water partition coefficient (Wildman–Crippen LogP) is 0.593. The van der Waals surface area contributed by atoms with Gasteiger partial charge >= 0.3 is 0 Å². The number of aromatic nitrogens is 2.